The molecule has 0 aromatic carbocycles. The van der Waals surface area contributed by atoms with Gasteiger partial charge < -0.3 is 0 Å². The van der Waals surface area contributed by atoms with E-state index in [1.54, 1.807) is 0 Å². The quantitative estimate of drug-likeness (QED) is 0.463. The molecule has 0 nitrogen and oxygen atoms in total. The number of hydrogen-bond donors (Lipinski definition) is 0. The molecule has 0 heterocycles. The van der Waals surface area contributed by atoms with Crippen molar-refractivity contribution in [2.24, 2.45) is 0 Å². The van der Waals surface area contributed by atoms with Gasteiger partial charge in [0.25, 0.3) is 0 Å². The minimum atomic E-state index is 0.137. The number of rotatable bonds is 6. The second-order valence-electron chi connectivity index (χ2n) is 3.62. The minimum absolute atomic E-state index is 0.137. The SMILES string of the molecule is CC[PH+](CC)CC.CC[PH+](CC)CC.[Cl][Ni]. The Balaban J connectivity index is -0.000000183. The molecule has 0 aromatic rings. The zero-order valence-corrected chi connectivity index (χ0v) is 15.7. The van der Waals surface area contributed by atoms with E-state index < -0.39 is 0 Å². The molecule has 105 valence electrons. The van der Waals surface area contributed by atoms with Crippen molar-refractivity contribution >= 4 is 26.0 Å². The summed E-state index contributed by atoms with van der Waals surface area (Å²) >= 11 is 3.35. The molecule has 0 fully saturated rings. The molecule has 0 aliphatic carbocycles. The second-order valence-corrected chi connectivity index (χ2v) is 10.9. The summed E-state index contributed by atoms with van der Waals surface area (Å²) in [5.74, 6) is 0. The summed E-state index contributed by atoms with van der Waals surface area (Å²) in [5, 5.41) is 0. The Kier molecular flexibility index (Phi) is 31.2. The van der Waals surface area contributed by atoms with E-state index in [9.17, 15) is 0 Å². The molecule has 0 saturated heterocycles. The van der Waals surface area contributed by atoms with Crippen molar-refractivity contribution in [2.45, 2.75) is 41.5 Å². The third kappa shape index (κ3) is 18.0. The summed E-state index contributed by atoms with van der Waals surface area (Å²) in [6.45, 7) is 13.8. The van der Waals surface area contributed by atoms with E-state index >= 15 is 0 Å². The van der Waals surface area contributed by atoms with E-state index in [0.717, 1.165) is 0 Å². The van der Waals surface area contributed by atoms with Gasteiger partial charge in [0, 0.05) is 0 Å². The van der Waals surface area contributed by atoms with E-state index in [4.69, 9.17) is 0 Å². The molecular formula is C12H32ClNiP2+2. The number of halogens is 1. The van der Waals surface area contributed by atoms with Gasteiger partial charge >= 0.3 is 24.8 Å². The van der Waals surface area contributed by atoms with E-state index in [-0.39, 0.29) is 15.8 Å². The van der Waals surface area contributed by atoms with Gasteiger partial charge in [-0.2, -0.15) is 0 Å². The molecule has 4 heteroatoms. The summed E-state index contributed by atoms with van der Waals surface area (Å²) in [6, 6.07) is 0. The molecule has 0 saturated carbocycles. The van der Waals surface area contributed by atoms with Crippen LogP contribution in [0.4, 0.5) is 0 Å². The van der Waals surface area contributed by atoms with Gasteiger partial charge in [-0.1, -0.05) is 0 Å². The molecule has 0 atom stereocenters. The molecular weight excluding hydrogens is 300 g/mol. The van der Waals surface area contributed by atoms with Crippen LogP contribution in [0.5, 0.6) is 0 Å². The van der Waals surface area contributed by atoms with Gasteiger partial charge in [-0.25, -0.2) is 0 Å². The first kappa shape index (κ1) is 22.8. The topological polar surface area (TPSA) is 0 Å². The van der Waals surface area contributed by atoms with Crippen LogP contribution >= 0.6 is 26.0 Å². The molecule has 0 aliphatic heterocycles. The van der Waals surface area contributed by atoms with Crippen molar-refractivity contribution < 1.29 is 14.6 Å². The zero-order chi connectivity index (χ0) is 13.4. The van der Waals surface area contributed by atoms with Crippen molar-refractivity contribution in [3.63, 3.8) is 0 Å². The van der Waals surface area contributed by atoms with Crippen LogP contribution in [0.1, 0.15) is 41.5 Å². The molecule has 0 bridgehead atoms. The van der Waals surface area contributed by atoms with E-state index in [1.165, 1.54) is 37.0 Å². The molecule has 0 N–H and O–H groups in total. The Morgan fingerprint density at radius 2 is 0.688 bits per heavy atom. The van der Waals surface area contributed by atoms with E-state index in [2.05, 4.69) is 66.3 Å². The van der Waals surface area contributed by atoms with Crippen molar-refractivity contribution in [3.8, 4) is 0 Å². The van der Waals surface area contributed by atoms with Gasteiger partial charge in [0.1, 0.15) is 0 Å². The fraction of sp³-hybridized carbons (Fsp3) is 1.00. The predicted octanol–water partition coefficient (Wildman–Crippen LogP) is 5.21. The summed E-state index contributed by atoms with van der Waals surface area (Å²) in [6.07, 6.45) is 8.74. The Morgan fingerprint density at radius 3 is 0.688 bits per heavy atom. The fourth-order valence-corrected chi connectivity index (χ4v) is 4.50. The Bertz CT molecular complexity index is 74.0. The van der Waals surface area contributed by atoms with Crippen LogP contribution in [0.25, 0.3) is 0 Å². The van der Waals surface area contributed by atoms with Gasteiger partial charge in [0.2, 0.25) is 0 Å². The van der Waals surface area contributed by atoms with Crippen molar-refractivity contribution in [2.75, 3.05) is 37.0 Å². The van der Waals surface area contributed by atoms with Crippen molar-refractivity contribution in [1.29, 1.82) is 0 Å². The summed E-state index contributed by atoms with van der Waals surface area (Å²) < 4.78 is 0. The average Bonchev–Trinajstić information content (AvgIpc) is 2.37. The number of hydrogen-bond acceptors (Lipinski definition) is 0. The molecule has 0 unspecified atom stereocenters. The monoisotopic (exact) mass is 331 g/mol. The van der Waals surface area contributed by atoms with Crippen LogP contribution in [0.15, 0.2) is 0 Å². The molecule has 0 amide bonds. The van der Waals surface area contributed by atoms with Gasteiger partial charge in [-0.05, 0) is 57.4 Å². The first-order chi connectivity index (χ1) is 7.69. The van der Waals surface area contributed by atoms with Gasteiger partial charge in [-0.3, -0.25) is 0 Å². The first-order valence-electron chi connectivity index (χ1n) is 6.48. The Labute approximate surface area is 119 Å². The van der Waals surface area contributed by atoms with Crippen LogP contribution in [-0.2, 0) is 14.6 Å². The zero-order valence-electron chi connectivity index (χ0n) is 11.9. The Morgan fingerprint density at radius 1 is 0.562 bits per heavy atom. The molecule has 0 aliphatic rings. The summed E-state index contributed by atoms with van der Waals surface area (Å²) in [7, 11) is 4.54. The van der Waals surface area contributed by atoms with Crippen LogP contribution < -0.4 is 0 Å². The fourth-order valence-electron chi connectivity index (χ4n) is 1.50. The van der Waals surface area contributed by atoms with Crippen LogP contribution in [-0.4, -0.2) is 37.0 Å². The maximum atomic E-state index is 4.26. The van der Waals surface area contributed by atoms with Gasteiger partial charge in [-0.15, -0.1) is 0 Å². The molecule has 0 spiro atoms. The predicted molar refractivity (Wildman–Crippen MR) is 85.7 cm³/mol. The van der Waals surface area contributed by atoms with Gasteiger partial charge in [0.15, 0.2) is 0 Å². The van der Waals surface area contributed by atoms with Crippen LogP contribution in [0.3, 0.4) is 0 Å². The molecule has 0 radical (unpaired) electrons. The second kappa shape index (κ2) is 21.9. The molecule has 0 aromatic heterocycles. The first-order valence-corrected chi connectivity index (χ1v) is 12.1. The third-order valence-corrected chi connectivity index (χ3v) is 9.00. The third-order valence-electron chi connectivity index (χ3n) is 3.00. The van der Waals surface area contributed by atoms with Crippen molar-refractivity contribution in [3.05, 3.63) is 0 Å². The Hall–Kier alpha value is 1.64. The van der Waals surface area contributed by atoms with Gasteiger partial charge in [0.05, 0.1) is 37.0 Å². The van der Waals surface area contributed by atoms with Crippen LogP contribution in [0, 0.1) is 0 Å². The average molecular weight is 332 g/mol. The van der Waals surface area contributed by atoms with E-state index in [0.29, 0.717) is 0 Å². The summed E-state index contributed by atoms with van der Waals surface area (Å²) in [4.78, 5) is 0. The van der Waals surface area contributed by atoms with Crippen molar-refractivity contribution in [1.82, 2.24) is 0 Å². The van der Waals surface area contributed by atoms with Crippen LogP contribution in [0.2, 0.25) is 0 Å². The summed E-state index contributed by atoms with van der Waals surface area (Å²) in [5.41, 5.74) is 0. The molecule has 0 rings (SSSR count). The maximum absolute atomic E-state index is 4.26. The van der Waals surface area contributed by atoms with E-state index in [1.807, 2.05) is 0 Å². The standard InChI is InChI=1S/2C6H15P.ClH.Ni/c2*1-4-7(5-2)6-3;;/h2*4-6H2,1-3H3;1H;/q;;;+1/p+1. The molecule has 16 heavy (non-hydrogen) atoms. The normalized spacial score (nSPS) is 9.44.